The van der Waals surface area contributed by atoms with Crippen molar-refractivity contribution in [3.63, 3.8) is 0 Å². The number of anilines is 2. The van der Waals surface area contributed by atoms with Gasteiger partial charge in [0.15, 0.2) is 0 Å². The zero-order valence-electron chi connectivity index (χ0n) is 19.4. The van der Waals surface area contributed by atoms with E-state index in [1.807, 2.05) is 12.1 Å². The third-order valence-electron chi connectivity index (χ3n) is 5.77. The van der Waals surface area contributed by atoms with E-state index < -0.39 is 0 Å². The summed E-state index contributed by atoms with van der Waals surface area (Å²) < 4.78 is 0. The second-order valence-electron chi connectivity index (χ2n) is 8.36. The van der Waals surface area contributed by atoms with Gasteiger partial charge in [0.2, 0.25) is 0 Å². The predicted octanol–water partition coefficient (Wildman–Crippen LogP) is 5.96. The van der Waals surface area contributed by atoms with Crippen LogP contribution in [0.4, 0.5) is 16.3 Å². The monoisotopic (exact) mass is 443 g/mol. The van der Waals surface area contributed by atoms with Crippen LogP contribution in [-0.2, 0) is 12.8 Å². The molecule has 0 unspecified atom stereocenters. The fourth-order valence-electron chi connectivity index (χ4n) is 3.96. The van der Waals surface area contributed by atoms with Crippen LogP contribution in [0.25, 0.3) is 10.9 Å². The minimum Gasteiger partial charge on any atom is -0.383 e. The van der Waals surface area contributed by atoms with Gasteiger partial charge >= 0.3 is 6.03 Å². The molecule has 0 bridgehead atoms. The average molecular weight is 444 g/mol. The molecular weight excluding hydrogens is 410 g/mol. The summed E-state index contributed by atoms with van der Waals surface area (Å²) in [6.07, 6.45) is 8.46. The number of benzene rings is 2. The number of nitrogens with two attached hydrogens (primary N) is 1. The highest BCUT2D eigenvalue weighted by Crippen LogP contribution is 2.24. The largest absolute Gasteiger partial charge is 0.383 e. The number of hydrogen-bond acceptors (Lipinski definition) is 4. The van der Waals surface area contributed by atoms with E-state index in [4.69, 9.17) is 11.0 Å². The van der Waals surface area contributed by atoms with Gasteiger partial charge in [-0.25, -0.2) is 9.78 Å². The van der Waals surface area contributed by atoms with Gasteiger partial charge in [0.05, 0.1) is 17.1 Å². The lowest BCUT2D eigenvalue weighted by molar-refractivity contribution is 0.252. The predicted molar refractivity (Wildman–Crippen MR) is 135 cm³/mol. The molecule has 2 aromatic carbocycles. The Balaban J connectivity index is 1.45. The zero-order valence-corrected chi connectivity index (χ0v) is 19.4. The minimum atomic E-state index is -0.251. The number of hydrogen-bond donors (Lipinski definition) is 3. The molecule has 6 heteroatoms. The highest BCUT2D eigenvalue weighted by Gasteiger charge is 2.08. The third kappa shape index (κ3) is 7.21. The second-order valence-corrected chi connectivity index (χ2v) is 8.36. The van der Waals surface area contributed by atoms with E-state index in [9.17, 15) is 4.79 Å². The van der Waals surface area contributed by atoms with Crippen molar-refractivity contribution in [1.29, 1.82) is 5.26 Å². The lowest BCUT2D eigenvalue weighted by Crippen LogP contribution is -2.29. The Kier molecular flexibility index (Phi) is 9.08. The van der Waals surface area contributed by atoms with Gasteiger partial charge in [-0.15, -0.1) is 0 Å². The number of rotatable bonds is 11. The quantitative estimate of drug-likeness (QED) is 0.318. The average Bonchev–Trinajstić information content (AvgIpc) is 2.82. The molecule has 2 amide bonds. The van der Waals surface area contributed by atoms with Crippen molar-refractivity contribution in [2.45, 2.75) is 58.3 Å². The Morgan fingerprint density at radius 1 is 1.00 bits per heavy atom. The first kappa shape index (κ1) is 24.1. The van der Waals surface area contributed by atoms with Crippen LogP contribution in [0.15, 0.2) is 48.5 Å². The van der Waals surface area contributed by atoms with Crippen LogP contribution in [-0.4, -0.2) is 17.6 Å². The number of nitriles is 1. The van der Waals surface area contributed by atoms with E-state index in [2.05, 4.69) is 40.7 Å². The van der Waals surface area contributed by atoms with Crippen LogP contribution in [0, 0.1) is 11.3 Å². The summed E-state index contributed by atoms with van der Waals surface area (Å²) in [7, 11) is 0. The fraction of sp³-hybridized carbons (Fsp3) is 0.370. The molecule has 0 aliphatic rings. The smallest absolute Gasteiger partial charge is 0.319 e. The van der Waals surface area contributed by atoms with Gasteiger partial charge in [0.1, 0.15) is 5.82 Å². The number of carbonyl (C=O) groups excluding carboxylic acids is 1. The number of nitrogens with zero attached hydrogens (tertiary/aromatic N) is 2. The lowest BCUT2D eigenvalue weighted by Gasteiger charge is -2.11. The van der Waals surface area contributed by atoms with Crippen molar-refractivity contribution in [1.82, 2.24) is 10.3 Å². The van der Waals surface area contributed by atoms with Crippen molar-refractivity contribution in [2.75, 3.05) is 17.6 Å². The number of nitrogens with one attached hydrogen (secondary N) is 2. The van der Waals surface area contributed by atoms with Crippen LogP contribution < -0.4 is 16.4 Å². The third-order valence-corrected chi connectivity index (χ3v) is 5.77. The highest BCUT2D eigenvalue weighted by molar-refractivity contribution is 5.89. The Morgan fingerprint density at radius 2 is 1.79 bits per heavy atom. The van der Waals surface area contributed by atoms with Crippen molar-refractivity contribution in [3.8, 4) is 6.07 Å². The van der Waals surface area contributed by atoms with Gasteiger partial charge in [-0.3, -0.25) is 0 Å². The molecule has 1 heterocycles. The number of urea groups is 1. The van der Waals surface area contributed by atoms with Crippen LogP contribution >= 0.6 is 0 Å². The van der Waals surface area contributed by atoms with Gasteiger partial charge in [0, 0.05) is 17.6 Å². The van der Waals surface area contributed by atoms with E-state index in [-0.39, 0.29) is 6.03 Å². The Hall–Kier alpha value is -3.59. The molecule has 1 aromatic heterocycles. The highest BCUT2D eigenvalue weighted by atomic mass is 16.2. The molecule has 4 N–H and O–H groups in total. The number of pyridine rings is 1. The van der Waals surface area contributed by atoms with Crippen LogP contribution in [0.1, 0.15) is 62.1 Å². The van der Waals surface area contributed by atoms with Crippen LogP contribution in [0.3, 0.4) is 0 Å². The zero-order chi connectivity index (χ0) is 23.5. The van der Waals surface area contributed by atoms with Crippen molar-refractivity contribution in [2.24, 2.45) is 0 Å². The molecule has 0 radical (unpaired) electrons. The number of amides is 2. The van der Waals surface area contributed by atoms with Crippen molar-refractivity contribution < 1.29 is 4.79 Å². The summed E-state index contributed by atoms with van der Waals surface area (Å²) in [5.41, 5.74) is 10.8. The van der Waals surface area contributed by atoms with Gasteiger partial charge in [-0.05, 0) is 73.6 Å². The lowest BCUT2D eigenvalue weighted by atomic mass is 9.99. The first-order valence-corrected chi connectivity index (χ1v) is 11.8. The SMILES string of the molecule is CCCCCc1cc2c(CCCCCNC(=O)Nc3cccc(C#N)c3)cccc2nc1N. The standard InChI is InChI=1S/C27H33N5O/c1-2-3-5-12-22-18-24-21(13-9-15-25(24)32-26(22)29)11-6-4-7-16-30-27(33)31-23-14-8-10-20(17-23)19-28/h8-10,13-15,17-18H,2-7,11-12,16H2,1H3,(H2,29,32)(H2,30,31,33). The summed E-state index contributed by atoms with van der Waals surface area (Å²) in [6, 6.07) is 17.2. The van der Waals surface area contributed by atoms with E-state index >= 15 is 0 Å². The molecule has 33 heavy (non-hydrogen) atoms. The van der Waals surface area contributed by atoms with Crippen LogP contribution in [0.5, 0.6) is 0 Å². The maximum atomic E-state index is 12.0. The molecule has 0 atom stereocenters. The first-order chi connectivity index (χ1) is 16.1. The minimum absolute atomic E-state index is 0.251. The number of nitrogen functional groups attached to an aromatic ring is 1. The molecule has 0 saturated carbocycles. The Morgan fingerprint density at radius 3 is 2.61 bits per heavy atom. The van der Waals surface area contributed by atoms with E-state index in [0.29, 0.717) is 23.6 Å². The fourth-order valence-corrected chi connectivity index (χ4v) is 3.96. The van der Waals surface area contributed by atoms with E-state index in [1.165, 1.54) is 23.8 Å². The van der Waals surface area contributed by atoms with E-state index in [0.717, 1.165) is 49.6 Å². The molecule has 172 valence electrons. The molecule has 0 saturated heterocycles. The summed E-state index contributed by atoms with van der Waals surface area (Å²) in [4.78, 5) is 16.7. The first-order valence-electron chi connectivity index (χ1n) is 11.8. The molecule has 3 aromatic rings. The molecule has 3 rings (SSSR count). The summed E-state index contributed by atoms with van der Waals surface area (Å²) >= 11 is 0. The number of unbranched alkanes of at least 4 members (excludes halogenated alkanes) is 4. The summed E-state index contributed by atoms with van der Waals surface area (Å²) in [6.45, 7) is 2.82. The number of carbonyl (C=O) groups is 1. The summed E-state index contributed by atoms with van der Waals surface area (Å²) in [5.74, 6) is 0.652. The molecule has 0 aliphatic heterocycles. The molecule has 0 fully saturated rings. The second kappa shape index (κ2) is 12.4. The Labute approximate surface area is 196 Å². The van der Waals surface area contributed by atoms with Gasteiger partial charge in [-0.2, -0.15) is 5.26 Å². The molecule has 6 nitrogen and oxygen atoms in total. The molecule has 0 spiro atoms. The number of fused-ring (bicyclic) bond motifs is 1. The normalized spacial score (nSPS) is 10.7. The van der Waals surface area contributed by atoms with Crippen molar-refractivity contribution in [3.05, 3.63) is 65.2 Å². The topological polar surface area (TPSA) is 104 Å². The van der Waals surface area contributed by atoms with Crippen molar-refractivity contribution >= 4 is 28.4 Å². The number of aromatic nitrogens is 1. The Bertz CT molecular complexity index is 1120. The number of aryl methyl sites for hydroxylation is 2. The maximum absolute atomic E-state index is 12.0. The molecular formula is C27H33N5O. The van der Waals surface area contributed by atoms with E-state index in [1.54, 1.807) is 24.3 Å². The van der Waals surface area contributed by atoms with Gasteiger partial charge in [0.25, 0.3) is 0 Å². The van der Waals surface area contributed by atoms with Gasteiger partial charge in [-0.1, -0.05) is 44.4 Å². The molecule has 0 aliphatic carbocycles. The van der Waals surface area contributed by atoms with Crippen LogP contribution in [0.2, 0.25) is 0 Å². The maximum Gasteiger partial charge on any atom is 0.319 e. The summed E-state index contributed by atoms with van der Waals surface area (Å²) in [5, 5.41) is 15.8. The van der Waals surface area contributed by atoms with Gasteiger partial charge < -0.3 is 16.4 Å².